The number of carbonyl (C=O) groups is 1. The van der Waals surface area contributed by atoms with Gasteiger partial charge in [-0.2, -0.15) is 0 Å². The van der Waals surface area contributed by atoms with Crippen LogP contribution in [-0.4, -0.2) is 42.5 Å². The summed E-state index contributed by atoms with van der Waals surface area (Å²) in [6.45, 7) is 0.619. The molecular formula is C12H19NO4S. The number of hydrogen-bond donors (Lipinski definition) is 3. The Bertz CT molecular complexity index is 342. The molecule has 0 aromatic carbocycles. The summed E-state index contributed by atoms with van der Waals surface area (Å²) in [4.78, 5) is 12.1. The molecule has 3 N–H and O–H groups in total. The van der Waals surface area contributed by atoms with Crippen molar-refractivity contribution in [2.45, 2.75) is 25.0 Å². The number of methoxy groups -OCH3 is 1. The zero-order chi connectivity index (χ0) is 13.4. The van der Waals surface area contributed by atoms with Crippen molar-refractivity contribution in [2.75, 3.05) is 20.3 Å². The molecule has 0 bridgehead atoms. The number of carbonyl (C=O) groups excluding carboxylic acids is 1. The van der Waals surface area contributed by atoms with Gasteiger partial charge in [0, 0.05) is 17.5 Å². The first-order valence-electron chi connectivity index (χ1n) is 5.81. The lowest BCUT2D eigenvalue weighted by molar-refractivity contribution is -0.142. The molecule has 2 unspecified atom stereocenters. The van der Waals surface area contributed by atoms with E-state index < -0.39 is 12.1 Å². The Kier molecular flexibility index (Phi) is 6.89. The highest BCUT2D eigenvalue weighted by Gasteiger charge is 2.24. The molecule has 6 heteroatoms. The third kappa shape index (κ3) is 4.73. The van der Waals surface area contributed by atoms with Crippen molar-refractivity contribution < 1.29 is 19.7 Å². The Balaban J connectivity index is 2.60. The molecule has 0 saturated heterocycles. The van der Waals surface area contributed by atoms with Gasteiger partial charge in [0.2, 0.25) is 0 Å². The van der Waals surface area contributed by atoms with Crippen molar-refractivity contribution in [2.24, 2.45) is 0 Å². The zero-order valence-corrected chi connectivity index (χ0v) is 11.2. The van der Waals surface area contributed by atoms with Gasteiger partial charge in [-0.05, 0) is 24.4 Å². The lowest BCUT2D eigenvalue weighted by Crippen LogP contribution is -2.37. The Morgan fingerprint density at radius 2 is 2.39 bits per heavy atom. The summed E-state index contributed by atoms with van der Waals surface area (Å²) in [5, 5.41) is 23.9. The molecule has 18 heavy (non-hydrogen) atoms. The van der Waals surface area contributed by atoms with Crippen LogP contribution in [0.2, 0.25) is 0 Å². The molecule has 5 nitrogen and oxygen atoms in total. The van der Waals surface area contributed by atoms with Gasteiger partial charge in [0.1, 0.15) is 6.10 Å². The van der Waals surface area contributed by atoms with E-state index in [2.05, 4.69) is 10.1 Å². The molecule has 0 radical (unpaired) electrons. The highest BCUT2D eigenvalue weighted by Crippen LogP contribution is 2.23. The van der Waals surface area contributed by atoms with Gasteiger partial charge >= 0.3 is 5.97 Å². The summed E-state index contributed by atoms with van der Waals surface area (Å²) in [6.07, 6.45) is -0.0710. The van der Waals surface area contributed by atoms with Crippen LogP contribution in [-0.2, 0) is 9.53 Å². The number of nitrogens with one attached hydrogen (secondary N) is 1. The first-order chi connectivity index (χ1) is 8.69. The summed E-state index contributed by atoms with van der Waals surface area (Å²) in [5.41, 5.74) is 0. The van der Waals surface area contributed by atoms with Crippen LogP contribution in [0.5, 0.6) is 0 Å². The van der Waals surface area contributed by atoms with Gasteiger partial charge in [0.25, 0.3) is 0 Å². The molecule has 0 aliphatic carbocycles. The minimum absolute atomic E-state index is 0.0764. The van der Waals surface area contributed by atoms with Gasteiger partial charge < -0.3 is 20.3 Å². The van der Waals surface area contributed by atoms with Gasteiger partial charge in [-0.25, -0.2) is 0 Å². The maximum Gasteiger partial charge on any atom is 0.307 e. The van der Waals surface area contributed by atoms with E-state index in [1.54, 1.807) is 0 Å². The van der Waals surface area contributed by atoms with E-state index in [-0.39, 0.29) is 19.0 Å². The molecule has 0 saturated carbocycles. The first-order valence-corrected chi connectivity index (χ1v) is 6.69. The second kappa shape index (κ2) is 8.20. The summed E-state index contributed by atoms with van der Waals surface area (Å²) in [6, 6.07) is 3.28. The standard InChI is InChI=1S/C12H19NO4S/c1-17-11(15)8-9(13-5-3-6-14)12(16)10-4-2-7-18-10/h2,4,7,9,12-14,16H,3,5-6,8H2,1H3. The minimum atomic E-state index is -0.747. The van der Waals surface area contributed by atoms with Crippen LogP contribution < -0.4 is 5.32 Å². The lowest BCUT2D eigenvalue weighted by atomic mass is 10.1. The molecule has 0 aliphatic heterocycles. The number of rotatable bonds is 8. The largest absolute Gasteiger partial charge is 0.469 e. The molecule has 2 atom stereocenters. The van der Waals surface area contributed by atoms with Crippen LogP contribution in [0.15, 0.2) is 17.5 Å². The Hall–Kier alpha value is -0.950. The Morgan fingerprint density at radius 3 is 2.94 bits per heavy atom. The smallest absolute Gasteiger partial charge is 0.307 e. The first kappa shape index (κ1) is 15.1. The maximum absolute atomic E-state index is 11.3. The SMILES string of the molecule is COC(=O)CC(NCCCO)C(O)c1cccs1. The fourth-order valence-electron chi connectivity index (χ4n) is 1.58. The van der Waals surface area contributed by atoms with Crippen molar-refractivity contribution in [3.8, 4) is 0 Å². The summed E-state index contributed by atoms with van der Waals surface area (Å²) in [7, 11) is 1.32. The van der Waals surface area contributed by atoms with Gasteiger partial charge in [-0.1, -0.05) is 6.07 Å². The molecule has 0 amide bonds. The van der Waals surface area contributed by atoms with Crippen LogP contribution in [0, 0.1) is 0 Å². The quantitative estimate of drug-likeness (QED) is 0.479. The fraction of sp³-hybridized carbons (Fsp3) is 0.583. The summed E-state index contributed by atoms with van der Waals surface area (Å²) in [5.74, 6) is -0.368. The van der Waals surface area contributed by atoms with Crippen LogP contribution >= 0.6 is 11.3 Å². The molecule has 1 aromatic rings. The van der Waals surface area contributed by atoms with E-state index in [1.807, 2.05) is 17.5 Å². The van der Waals surface area contributed by atoms with Crippen molar-refractivity contribution >= 4 is 17.3 Å². The van der Waals surface area contributed by atoms with E-state index in [1.165, 1.54) is 18.4 Å². The maximum atomic E-state index is 11.3. The van der Waals surface area contributed by atoms with Crippen LogP contribution in [0.3, 0.4) is 0 Å². The molecule has 1 aromatic heterocycles. The highest BCUT2D eigenvalue weighted by atomic mass is 32.1. The van der Waals surface area contributed by atoms with E-state index in [0.29, 0.717) is 13.0 Å². The van der Waals surface area contributed by atoms with E-state index >= 15 is 0 Å². The predicted octanol–water partition coefficient (Wildman–Crippen LogP) is 0.685. The number of thiophene rings is 1. The predicted molar refractivity (Wildman–Crippen MR) is 69.4 cm³/mol. The molecule has 0 fully saturated rings. The summed E-state index contributed by atoms with van der Waals surface area (Å²) < 4.78 is 4.62. The van der Waals surface area contributed by atoms with Gasteiger partial charge in [-0.3, -0.25) is 4.79 Å². The molecule has 0 spiro atoms. The molecule has 102 valence electrons. The van der Waals surface area contributed by atoms with Crippen LogP contribution in [0.25, 0.3) is 0 Å². The molecule has 1 heterocycles. The monoisotopic (exact) mass is 273 g/mol. The van der Waals surface area contributed by atoms with E-state index in [4.69, 9.17) is 5.11 Å². The molecule has 1 rings (SSSR count). The number of aliphatic hydroxyl groups excluding tert-OH is 2. The molecular weight excluding hydrogens is 254 g/mol. The second-order valence-electron chi connectivity index (χ2n) is 3.88. The number of ether oxygens (including phenoxy) is 1. The third-order valence-corrected chi connectivity index (χ3v) is 3.51. The van der Waals surface area contributed by atoms with Gasteiger partial charge in [-0.15, -0.1) is 11.3 Å². The van der Waals surface area contributed by atoms with E-state index in [9.17, 15) is 9.90 Å². The Labute approximate surface area is 110 Å². The number of esters is 1. The fourth-order valence-corrected chi connectivity index (χ4v) is 2.36. The second-order valence-corrected chi connectivity index (χ2v) is 4.86. The number of hydrogen-bond acceptors (Lipinski definition) is 6. The minimum Gasteiger partial charge on any atom is -0.469 e. The van der Waals surface area contributed by atoms with Crippen LogP contribution in [0.4, 0.5) is 0 Å². The Morgan fingerprint density at radius 1 is 1.61 bits per heavy atom. The average Bonchev–Trinajstić information content (AvgIpc) is 2.90. The topological polar surface area (TPSA) is 78.8 Å². The third-order valence-electron chi connectivity index (χ3n) is 2.57. The normalized spacial score (nSPS) is 14.2. The summed E-state index contributed by atoms with van der Waals surface area (Å²) >= 11 is 1.44. The van der Waals surface area contributed by atoms with Gasteiger partial charge in [0.15, 0.2) is 0 Å². The zero-order valence-electron chi connectivity index (χ0n) is 10.3. The lowest BCUT2D eigenvalue weighted by Gasteiger charge is -2.22. The highest BCUT2D eigenvalue weighted by molar-refractivity contribution is 7.10. The van der Waals surface area contributed by atoms with Gasteiger partial charge in [0.05, 0.1) is 13.5 Å². The number of aliphatic hydroxyl groups is 2. The molecule has 0 aliphatic rings. The average molecular weight is 273 g/mol. The van der Waals surface area contributed by atoms with Crippen molar-refractivity contribution in [1.82, 2.24) is 5.32 Å². The van der Waals surface area contributed by atoms with Crippen LogP contribution in [0.1, 0.15) is 23.8 Å². The van der Waals surface area contributed by atoms with Crippen molar-refractivity contribution in [3.05, 3.63) is 22.4 Å². The van der Waals surface area contributed by atoms with Crippen molar-refractivity contribution in [3.63, 3.8) is 0 Å². The van der Waals surface area contributed by atoms with Crippen molar-refractivity contribution in [1.29, 1.82) is 0 Å². The van der Waals surface area contributed by atoms with E-state index in [0.717, 1.165) is 4.88 Å².